The van der Waals surface area contributed by atoms with Crippen LogP contribution < -0.4 is 9.64 Å². The van der Waals surface area contributed by atoms with Gasteiger partial charge in [-0.15, -0.1) is 0 Å². The molecule has 1 heterocycles. The molecule has 19 heavy (non-hydrogen) atoms. The van der Waals surface area contributed by atoms with Gasteiger partial charge in [-0.1, -0.05) is 12.1 Å². The van der Waals surface area contributed by atoms with Crippen molar-refractivity contribution in [1.29, 1.82) is 5.26 Å². The van der Waals surface area contributed by atoms with Gasteiger partial charge in [-0.25, -0.2) is 4.98 Å². The molecule has 4 nitrogen and oxygen atoms in total. The van der Waals surface area contributed by atoms with Crippen LogP contribution in [0, 0.1) is 11.3 Å². The van der Waals surface area contributed by atoms with E-state index in [0.29, 0.717) is 11.4 Å². The molecule has 0 saturated carbocycles. The summed E-state index contributed by atoms with van der Waals surface area (Å²) in [5, 5.41) is 9.07. The van der Waals surface area contributed by atoms with Crippen LogP contribution in [-0.2, 0) is 0 Å². The Labute approximate surface area is 112 Å². The van der Waals surface area contributed by atoms with Gasteiger partial charge in [0.25, 0.3) is 0 Å². The van der Waals surface area contributed by atoms with Gasteiger partial charge in [-0.05, 0) is 24.3 Å². The van der Waals surface area contributed by atoms with E-state index in [-0.39, 0.29) is 0 Å². The van der Waals surface area contributed by atoms with E-state index in [9.17, 15) is 0 Å². The predicted molar refractivity (Wildman–Crippen MR) is 75.3 cm³/mol. The highest BCUT2D eigenvalue weighted by atomic mass is 16.5. The van der Waals surface area contributed by atoms with E-state index in [1.165, 1.54) is 0 Å². The minimum Gasteiger partial charge on any atom is -0.497 e. The minimum absolute atomic E-state index is 0.566. The first-order valence-corrected chi connectivity index (χ1v) is 5.88. The van der Waals surface area contributed by atoms with Crippen LogP contribution in [0.5, 0.6) is 5.75 Å². The van der Waals surface area contributed by atoms with E-state index in [1.807, 2.05) is 49.3 Å². The maximum atomic E-state index is 9.07. The molecule has 0 aliphatic heterocycles. The van der Waals surface area contributed by atoms with Crippen LogP contribution in [0.25, 0.3) is 11.3 Å². The quantitative estimate of drug-likeness (QED) is 0.843. The molecule has 0 aliphatic rings. The molecule has 2 aromatic rings. The third kappa shape index (κ3) is 2.66. The van der Waals surface area contributed by atoms with Crippen LogP contribution >= 0.6 is 0 Å². The molecule has 0 amide bonds. The predicted octanol–water partition coefficient (Wildman–Crippen LogP) is 2.69. The van der Waals surface area contributed by atoms with Crippen LogP contribution in [0.15, 0.2) is 36.4 Å². The smallest absolute Gasteiger partial charge is 0.146 e. The zero-order valence-electron chi connectivity index (χ0n) is 11.2. The lowest BCUT2D eigenvalue weighted by atomic mass is 10.1. The number of methoxy groups -OCH3 is 1. The largest absolute Gasteiger partial charge is 0.497 e. The topological polar surface area (TPSA) is 49.1 Å². The third-order valence-corrected chi connectivity index (χ3v) is 2.78. The second kappa shape index (κ2) is 5.40. The summed E-state index contributed by atoms with van der Waals surface area (Å²) >= 11 is 0. The molecule has 0 aliphatic carbocycles. The molecule has 0 atom stereocenters. The van der Waals surface area contributed by atoms with Crippen molar-refractivity contribution in [3.63, 3.8) is 0 Å². The Morgan fingerprint density at radius 2 is 2.00 bits per heavy atom. The Morgan fingerprint density at radius 3 is 2.63 bits per heavy atom. The van der Waals surface area contributed by atoms with Gasteiger partial charge in [0, 0.05) is 19.7 Å². The van der Waals surface area contributed by atoms with Gasteiger partial charge in [-0.3, -0.25) is 0 Å². The van der Waals surface area contributed by atoms with Crippen molar-refractivity contribution in [3.8, 4) is 23.1 Å². The van der Waals surface area contributed by atoms with Crippen molar-refractivity contribution >= 4 is 5.82 Å². The molecule has 0 saturated heterocycles. The fourth-order valence-electron chi connectivity index (χ4n) is 1.82. The molecule has 0 radical (unpaired) electrons. The van der Waals surface area contributed by atoms with E-state index < -0.39 is 0 Å². The molecule has 96 valence electrons. The zero-order chi connectivity index (χ0) is 13.8. The van der Waals surface area contributed by atoms with Crippen LogP contribution in [0.4, 0.5) is 5.82 Å². The first kappa shape index (κ1) is 12.9. The fraction of sp³-hybridized carbons (Fsp3) is 0.200. The average Bonchev–Trinajstić information content (AvgIpc) is 2.46. The third-order valence-electron chi connectivity index (χ3n) is 2.78. The highest BCUT2D eigenvalue weighted by molar-refractivity contribution is 5.66. The van der Waals surface area contributed by atoms with Crippen molar-refractivity contribution in [3.05, 3.63) is 42.0 Å². The van der Waals surface area contributed by atoms with Crippen molar-refractivity contribution in [2.75, 3.05) is 26.1 Å². The molecule has 0 unspecified atom stereocenters. The fourth-order valence-corrected chi connectivity index (χ4v) is 1.82. The van der Waals surface area contributed by atoms with E-state index in [0.717, 1.165) is 17.0 Å². The maximum absolute atomic E-state index is 9.07. The number of rotatable bonds is 3. The van der Waals surface area contributed by atoms with Gasteiger partial charge >= 0.3 is 0 Å². The molecule has 1 aromatic heterocycles. The van der Waals surface area contributed by atoms with Gasteiger partial charge in [0.1, 0.15) is 17.6 Å². The number of hydrogen-bond acceptors (Lipinski definition) is 4. The standard InChI is InChI=1S/C15H15N3O/c1-18(2)15-12(10-16)7-8-14(17-15)11-5-4-6-13(9-11)19-3/h4-9H,1-3H3. The summed E-state index contributed by atoms with van der Waals surface area (Å²) in [7, 11) is 5.38. The number of ether oxygens (including phenoxy) is 1. The van der Waals surface area contributed by atoms with Crippen molar-refractivity contribution in [1.82, 2.24) is 4.98 Å². The summed E-state index contributed by atoms with van der Waals surface area (Å²) in [4.78, 5) is 6.37. The molecular formula is C15H15N3O. The Balaban J connectivity index is 2.51. The number of nitrogens with zero attached hydrogens (tertiary/aromatic N) is 3. The molecule has 1 aromatic carbocycles. The number of anilines is 1. The molecule has 4 heteroatoms. The lowest BCUT2D eigenvalue weighted by Gasteiger charge is -2.14. The SMILES string of the molecule is COc1cccc(-c2ccc(C#N)c(N(C)C)n2)c1. The Hall–Kier alpha value is -2.54. The second-order valence-electron chi connectivity index (χ2n) is 4.31. The summed E-state index contributed by atoms with van der Waals surface area (Å²) in [6, 6.07) is 13.5. The first-order chi connectivity index (χ1) is 9.15. The molecule has 0 N–H and O–H groups in total. The highest BCUT2D eigenvalue weighted by Crippen LogP contribution is 2.25. The highest BCUT2D eigenvalue weighted by Gasteiger charge is 2.09. The maximum Gasteiger partial charge on any atom is 0.146 e. The van der Waals surface area contributed by atoms with E-state index in [4.69, 9.17) is 10.00 Å². The normalized spacial score (nSPS) is 9.79. The Kier molecular flexibility index (Phi) is 3.67. The summed E-state index contributed by atoms with van der Waals surface area (Å²) in [5.74, 6) is 1.46. The zero-order valence-corrected chi connectivity index (χ0v) is 11.2. The van der Waals surface area contributed by atoms with Crippen molar-refractivity contribution in [2.45, 2.75) is 0 Å². The second-order valence-corrected chi connectivity index (χ2v) is 4.31. The average molecular weight is 253 g/mol. The van der Waals surface area contributed by atoms with Crippen LogP contribution in [-0.4, -0.2) is 26.2 Å². The molecule has 0 fully saturated rings. The number of aromatic nitrogens is 1. The first-order valence-electron chi connectivity index (χ1n) is 5.88. The monoisotopic (exact) mass is 253 g/mol. The van der Waals surface area contributed by atoms with Gasteiger partial charge in [0.05, 0.1) is 18.4 Å². The summed E-state index contributed by atoms with van der Waals surface area (Å²) in [6.45, 7) is 0. The summed E-state index contributed by atoms with van der Waals surface area (Å²) in [5.41, 5.74) is 2.35. The van der Waals surface area contributed by atoms with Crippen molar-refractivity contribution in [2.24, 2.45) is 0 Å². The number of pyridine rings is 1. The molecular weight excluding hydrogens is 238 g/mol. The lowest BCUT2D eigenvalue weighted by molar-refractivity contribution is 0.415. The van der Waals surface area contributed by atoms with Gasteiger partial charge in [0.15, 0.2) is 0 Å². The van der Waals surface area contributed by atoms with Gasteiger partial charge in [-0.2, -0.15) is 5.26 Å². The van der Waals surface area contributed by atoms with Gasteiger partial charge in [0.2, 0.25) is 0 Å². The van der Waals surface area contributed by atoms with Crippen LogP contribution in [0.2, 0.25) is 0 Å². The Morgan fingerprint density at radius 1 is 1.21 bits per heavy atom. The van der Waals surface area contributed by atoms with Crippen LogP contribution in [0.3, 0.4) is 0 Å². The van der Waals surface area contributed by atoms with Crippen LogP contribution in [0.1, 0.15) is 5.56 Å². The number of hydrogen-bond donors (Lipinski definition) is 0. The van der Waals surface area contributed by atoms with E-state index >= 15 is 0 Å². The van der Waals surface area contributed by atoms with E-state index in [1.54, 1.807) is 13.2 Å². The van der Waals surface area contributed by atoms with E-state index in [2.05, 4.69) is 11.1 Å². The molecule has 0 bridgehead atoms. The molecule has 2 rings (SSSR count). The number of benzene rings is 1. The number of nitriles is 1. The van der Waals surface area contributed by atoms with Crippen molar-refractivity contribution < 1.29 is 4.74 Å². The Bertz CT molecular complexity index is 630. The summed E-state index contributed by atoms with van der Waals surface area (Å²) < 4.78 is 5.21. The lowest BCUT2D eigenvalue weighted by Crippen LogP contribution is -2.12. The minimum atomic E-state index is 0.566. The van der Waals surface area contributed by atoms with Gasteiger partial charge < -0.3 is 9.64 Å². The molecule has 0 spiro atoms. The summed E-state index contributed by atoms with van der Waals surface area (Å²) in [6.07, 6.45) is 0.